The van der Waals surface area contributed by atoms with Gasteiger partial charge in [-0.15, -0.1) is 0 Å². The molecule has 12 atom stereocenters. The molecule has 8 amide bonds. The summed E-state index contributed by atoms with van der Waals surface area (Å²) in [6.45, 7) is 22.2. The SMILES string of the molecule is CCC(C)CCCCCCCCC1CC(=O)NC(CCC(N)=O)C(=O)NC(C(C)CC)C(=O)NC(CC(C)C)C(=O)NC(C(C)CC)C(=O)NC(CC(=O)O)C(=O)NC(CC(C)C)C(=O)NC(C(C)CC)C(=O)O1. The van der Waals surface area contributed by atoms with Gasteiger partial charge in [-0.2, -0.15) is 0 Å². The summed E-state index contributed by atoms with van der Waals surface area (Å²) >= 11 is 0. The number of rotatable bonds is 25. The Morgan fingerprint density at radius 3 is 1.41 bits per heavy atom. The van der Waals surface area contributed by atoms with Gasteiger partial charge in [-0.3, -0.25) is 43.2 Å². The third kappa shape index (κ3) is 25.3. The third-order valence-corrected chi connectivity index (χ3v) is 14.2. The molecule has 10 N–H and O–H groups in total. The van der Waals surface area contributed by atoms with Crippen LogP contribution < -0.4 is 43.0 Å². The molecule has 12 unspecified atom stereocenters. The Balaban J connectivity index is 4.02. The molecule has 424 valence electrons. The molecule has 1 aliphatic rings. The van der Waals surface area contributed by atoms with Crippen LogP contribution in [0.3, 0.4) is 0 Å². The van der Waals surface area contributed by atoms with Crippen molar-refractivity contribution in [1.82, 2.24) is 37.2 Å². The lowest BCUT2D eigenvalue weighted by Crippen LogP contribution is -2.61. The number of hydrogen-bond donors (Lipinski definition) is 9. The van der Waals surface area contributed by atoms with Crippen LogP contribution in [-0.4, -0.2) is 113 Å². The molecule has 0 spiro atoms. The number of nitrogens with two attached hydrogens (primary N) is 1. The highest BCUT2D eigenvalue weighted by Crippen LogP contribution is 2.20. The minimum atomic E-state index is -1.72. The van der Waals surface area contributed by atoms with Gasteiger partial charge in [0.2, 0.25) is 47.3 Å². The van der Waals surface area contributed by atoms with Crippen LogP contribution in [0.15, 0.2) is 0 Å². The summed E-state index contributed by atoms with van der Waals surface area (Å²) in [6.07, 6.45) is 6.47. The van der Waals surface area contributed by atoms with E-state index in [1.165, 1.54) is 0 Å². The molecule has 1 heterocycles. The Morgan fingerprint density at radius 2 is 0.946 bits per heavy atom. The summed E-state index contributed by atoms with van der Waals surface area (Å²) in [6, 6.07) is -9.50. The van der Waals surface area contributed by atoms with Crippen LogP contribution in [0, 0.1) is 35.5 Å². The first-order valence-electron chi connectivity index (χ1n) is 27.6. The molecule has 0 radical (unpaired) electrons. The van der Waals surface area contributed by atoms with Crippen LogP contribution in [-0.2, 0) is 52.7 Å². The molecule has 20 nitrogen and oxygen atoms in total. The average Bonchev–Trinajstić information content (AvgIpc) is 3.33. The first-order valence-corrected chi connectivity index (χ1v) is 27.6. The van der Waals surface area contributed by atoms with E-state index in [1.54, 1.807) is 48.5 Å². The van der Waals surface area contributed by atoms with Gasteiger partial charge in [0.25, 0.3) is 0 Å². The summed E-state index contributed by atoms with van der Waals surface area (Å²) in [4.78, 5) is 138. The molecular weight excluding hydrogens is 953 g/mol. The Labute approximate surface area is 441 Å². The molecule has 0 aromatic carbocycles. The number of amides is 8. The molecule has 1 fully saturated rings. The molecule has 1 rings (SSSR count). The second-order valence-corrected chi connectivity index (χ2v) is 21.8. The van der Waals surface area contributed by atoms with Crippen LogP contribution in [0.5, 0.6) is 0 Å². The number of carboxylic acid groups (broad SMARTS) is 1. The minimum absolute atomic E-state index is 0.0465. The normalized spacial score (nSPS) is 25.3. The van der Waals surface area contributed by atoms with Crippen molar-refractivity contribution in [2.24, 2.45) is 41.2 Å². The van der Waals surface area contributed by atoms with Gasteiger partial charge >= 0.3 is 11.9 Å². The number of cyclic esters (lactones) is 1. The van der Waals surface area contributed by atoms with Crippen molar-refractivity contribution in [3.8, 4) is 0 Å². The van der Waals surface area contributed by atoms with Crippen molar-refractivity contribution in [2.45, 2.75) is 247 Å². The summed E-state index contributed by atoms with van der Waals surface area (Å²) in [5, 5.41) is 28.7. The quantitative estimate of drug-likeness (QED) is 0.0439. The topological polar surface area (TPSA) is 310 Å². The Bertz CT molecular complexity index is 1830. The lowest BCUT2D eigenvalue weighted by molar-refractivity contribution is -0.156. The lowest BCUT2D eigenvalue weighted by atomic mass is 9.95. The zero-order valence-electron chi connectivity index (χ0n) is 46.8. The number of carbonyl (C=O) groups excluding carboxylic acids is 9. The molecule has 0 bridgehead atoms. The number of primary amides is 1. The molecule has 0 aromatic rings. The van der Waals surface area contributed by atoms with Crippen molar-refractivity contribution >= 4 is 59.2 Å². The number of aliphatic carboxylic acids is 1. The molecule has 1 aliphatic heterocycles. The van der Waals surface area contributed by atoms with Crippen LogP contribution in [0.25, 0.3) is 0 Å². The first-order chi connectivity index (χ1) is 34.8. The van der Waals surface area contributed by atoms with Gasteiger partial charge < -0.3 is 52.8 Å². The number of esters is 1. The monoisotopic (exact) mass is 1050 g/mol. The van der Waals surface area contributed by atoms with Crippen molar-refractivity contribution in [2.75, 3.05) is 0 Å². The molecule has 0 aromatic heterocycles. The van der Waals surface area contributed by atoms with Crippen molar-refractivity contribution in [3.63, 3.8) is 0 Å². The number of carbonyl (C=O) groups is 10. The van der Waals surface area contributed by atoms with E-state index in [0.29, 0.717) is 31.6 Å². The fourth-order valence-corrected chi connectivity index (χ4v) is 8.65. The van der Waals surface area contributed by atoms with Crippen molar-refractivity contribution < 1.29 is 57.8 Å². The van der Waals surface area contributed by atoms with Gasteiger partial charge in [0.15, 0.2) is 0 Å². The Kier molecular flexibility index (Phi) is 31.6. The zero-order valence-corrected chi connectivity index (χ0v) is 46.8. The Hall–Kier alpha value is -5.30. The van der Waals surface area contributed by atoms with E-state index in [0.717, 1.165) is 44.9 Å². The van der Waals surface area contributed by atoms with Crippen LogP contribution in [0.1, 0.15) is 199 Å². The van der Waals surface area contributed by atoms with Crippen LogP contribution in [0.4, 0.5) is 0 Å². The lowest BCUT2D eigenvalue weighted by Gasteiger charge is -2.31. The van der Waals surface area contributed by atoms with E-state index in [-0.39, 0.29) is 43.9 Å². The first kappa shape index (κ1) is 66.7. The van der Waals surface area contributed by atoms with E-state index < -0.39 is 138 Å². The van der Waals surface area contributed by atoms with Crippen LogP contribution in [0.2, 0.25) is 0 Å². The standard InChI is InChI=1S/C54H96N8O12/c1-13-33(9)23-21-19-17-18-20-22-24-37-29-43(64)56-38(25-26-42(55)63)48(67)60-45(34(10)14-2)52(71)58-40(28-32(7)8)50(69)61-46(35(11)15-3)53(72)59-41(30-44(65)66)49(68)57-39(27-31(5)6)51(70)62-47(36(12)16-4)54(73)74-37/h31-41,45-47H,13-30H2,1-12H3,(H2,55,63)(H,56,64)(H,57,68)(H,58,71)(H,59,72)(H,60,67)(H,61,69)(H,62,70)(H,65,66). The maximum absolute atomic E-state index is 14.3. The highest BCUT2D eigenvalue weighted by Gasteiger charge is 2.39. The Morgan fingerprint density at radius 1 is 0.527 bits per heavy atom. The molecule has 0 saturated carbocycles. The smallest absolute Gasteiger partial charge is 0.329 e. The number of unbranched alkanes of at least 4 members (excludes halogenated alkanes) is 5. The van der Waals surface area contributed by atoms with Crippen molar-refractivity contribution in [3.05, 3.63) is 0 Å². The van der Waals surface area contributed by atoms with Gasteiger partial charge in [-0.1, -0.05) is 147 Å². The summed E-state index contributed by atoms with van der Waals surface area (Å²) in [5.74, 6) is -10.00. The molecule has 0 aliphatic carbocycles. The van der Waals surface area contributed by atoms with E-state index in [9.17, 15) is 53.1 Å². The second-order valence-electron chi connectivity index (χ2n) is 21.8. The average molecular weight is 1050 g/mol. The van der Waals surface area contributed by atoms with E-state index in [2.05, 4.69) is 51.1 Å². The van der Waals surface area contributed by atoms with E-state index >= 15 is 0 Å². The number of ether oxygens (including phenoxy) is 1. The maximum atomic E-state index is 14.3. The number of nitrogens with one attached hydrogen (secondary N) is 7. The number of carboxylic acids is 1. The molecular formula is C54H96N8O12. The minimum Gasteiger partial charge on any atom is -0.481 e. The van der Waals surface area contributed by atoms with Gasteiger partial charge in [0, 0.05) is 6.42 Å². The van der Waals surface area contributed by atoms with E-state index in [1.807, 2.05) is 20.8 Å². The maximum Gasteiger partial charge on any atom is 0.329 e. The zero-order chi connectivity index (χ0) is 56.2. The van der Waals surface area contributed by atoms with Crippen molar-refractivity contribution in [1.29, 1.82) is 0 Å². The van der Waals surface area contributed by atoms with Gasteiger partial charge in [0.05, 0.1) is 12.8 Å². The number of hydrogen-bond acceptors (Lipinski definition) is 11. The summed E-state index contributed by atoms with van der Waals surface area (Å²) < 4.78 is 6.10. The van der Waals surface area contributed by atoms with Gasteiger partial charge in [-0.05, 0) is 67.6 Å². The molecule has 20 heteroatoms. The second kappa shape index (κ2) is 35.0. The molecule has 1 saturated heterocycles. The summed E-state index contributed by atoms with van der Waals surface area (Å²) in [5.41, 5.74) is 5.51. The fourth-order valence-electron chi connectivity index (χ4n) is 8.65. The van der Waals surface area contributed by atoms with Gasteiger partial charge in [-0.25, -0.2) is 4.79 Å². The van der Waals surface area contributed by atoms with E-state index in [4.69, 9.17) is 10.5 Å². The highest BCUT2D eigenvalue weighted by molar-refractivity contribution is 5.98. The van der Waals surface area contributed by atoms with Crippen LogP contribution >= 0.6 is 0 Å². The summed E-state index contributed by atoms with van der Waals surface area (Å²) in [7, 11) is 0. The fraction of sp³-hybridized carbons (Fsp3) is 0.815. The van der Waals surface area contributed by atoms with Gasteiger partial charge in [0.1, 0.15) is 48.4 Å². The molecule has 74 heavy (non-hydrogen) atoms. The predicted molar refractivity (Wildman–Crippen MR) is 282 cm³/mol. The third-order valence-electron chi connectivity index (χ3n) is 14.2. The predicted octanol–water partition coefficient (Wildman–Crippen LogP) is 4.83. The highest BCUT2D eigenvalue weighted by atomic mass is 16.5. The largest absolute Gasteiger partial charge is 0.481 e.